The fraction of sp³-hybridized carbons (Fsp3) is 0.659. The van der Waals surface area contributed by atoms with E-state index in [-0.39, 0.29) is 81.8 Å². The number of hydrogen-bond donors (Lipinski definition) is 20. The minimum atomic E-state index is -1.70. The Morgan fingerprint density at radius 1 is 0.480 bits per heavy atom. The highest BCUT2D eigenvalue weighted by Gasteiger charge is 2.34. The first-order valence-electron chi connectivity index (χ1n) is 23.4. The van der Waals surface area contributed by atoms with Crippen LogP contribution >= 0.6 is 12.6 Å². The second-order valence-corrected chi connectivity index (χ2v) is 17.3. The highest BCUT2D eigenvalue weighted by atomic mass is 32.1. The van der Waals surface area contributed by atoms with E-state index in [2.05, 4.69) is 75.5 Å². The van der Waals surface area contributed by atoms with E-state index in [0.717, 1.165) is 6.92 Å². The van der Waals surface area contributed by atoms with Crippen LogP contribution in [-0.4, -0.2) is 187 Å². The summed E-state index contributed by atoms with van der Waals surface area (Å²) in [4.78, 5) is 154. The summed E-state index contributed by atoms with van der Waals surface area (Å²) in [6.07, 6.45) is -2.43. The third-order valence-electron chi connectivity index (χ3n) is 10.2. The number of amides is 10. The van der Waals surface area contributed by atoms with Gasteiger partial charge in [0.05, 0.1) is 25.7 Å². The Morgan fingerprint density at radius 3 is 1.21 bits per heavy atom. The molecule has 0 rings (SSSR count). The molecule has 0 aliphatic heterocycles. The van der Waals surface area contributed by atoms with Crippen molar-refractivity contribution in [2.45, 2.75) is 121 Å². The molecule has 424 valence electrons. The topological polar surface area (TPSA) is 582 Å². The number of nitrogens with one attached hydrogen (secondary N) is 9. The van der Waals surface area contributed by atoms with Crippen molar-refractivity contribution in [3.8, 4) is 0 Å². The van der Waals surface area contributed by atoms with Crippen LogP contribution in [0.2, 0.25) is 0 Å². The Morgan fingerprint density at radius 2 is 0.853 bits per heavy atom. The van der Waals surface area contributed by atoms with Crippen molar-refractivity contribution < 1.29 is 63.0 Å². The fourth-order valence-electron chi connectivity index (χ4n) is 6.34. The van der Waals surface area contributed by atoms with Gasteiger partial charge in [-0.3, -0.25) is 62.9 Å². The number of carboxylic acid groups (broad SMARTS) is 1. The van der Waals surface area contributed by atoms with E-state index in [0.29, 0.717) is 0 Å². The summed E-state index contributed by atoms with van der Waals surface area (Å²) in [6.45, 7) is 2.44. The fourth-order valence-corrected chi connectivity index (χ4v) is 6.59. The van der Waals surface area contributed by atoms with Gasteiger partial charge >= 0.3 is 5.97 Å². The van der Waals surface area contributed by atoms with E-state index in [9.17, 15) is 63.0 Å². The first kappa shape index (κ1) is 67.2. The minimum absolute atomic E-state index is 0.00407. The van der Waals surface area contributed by atoms with Crippen molar-refractivity contribution in [2.24, 2.45) is 66.8 Å². The summed E-state index contributed by atoms with van der Waals surface area (Å²) < 4.78 is 0. The molecule has 0 aromatic carbocycles. The number of carboxylic acids is 1. The number of hydrogen-bond acceptors (Lipinski definition) is 17. The molecule has 0 aliphatic rings. The average Bonchev–Trinajstić information content (AvgIpc) is 3.32. The molecule has 34 heteroatoms. The van der Waals surface area contributed by atoms with Crippen LogP contribution in [0.4, 0.5) is 0 Å². The Kier molecular flexibility index (Phi) is 32.5. The van der Waals surface area contributed by atoms with Crippen LogP contribution < -0.4 is 93.7 Å². The number of thiol groups is 1. The van der Waals surface area contributed by atoms with Gasteiger partial charge in [0.1, 0.15) is 36.3 Å². The maximum absolute atomic E-state index is 13.9. The summed E-state index contributed by atoms with van der Waals surface area (Å²) >= 11 is 4.16. The number of carbonyl (C=O) groups excluding carboxylic acids is 10. The van der Waals surface area contributed by atoms with Gasteiger partial charge in [0.15, 0.2) is 23.9 Å². The zero-order chi connectivity index (χ0) is 57.4. The molecule has 33 nitrogen and oxygen atoms in total. The maximum Gasteiger partial charge on any atom is 0.328 e. The van der Waals surface area contributed by atoms with Crippen LogP contribution in [0.1, 0.15) is 72.1 Å². The van der Waals surface area contributed by atoms with Crippen molar-refractivity contribution in [1.29, 1.82) is 0 Å². The number of aliphatic hydroxyl groups excluding tert-OH is 1. The number of nitrogens with zero attached hydrogens (tertiary/aromatic N) is 3. The number of carbonyl (C=O) groups is 11. The number of nitrogens with two attached hydrogens (primary N) is 8. The minimum Gasteiger partial charge on any atom is -0.480 e. The lowest BCUT2D eigenvalue weighted by molar-refractivity contribution is -0.145. The van der Waals surface area contributed by atoms with E-state index in [1.807, 2.05) is 0 Å². The SMILES string of the molecule is CC(C)[C@H](NC(=O)[C@H](CS)NC(=O)[C@H](CCCN=C(N)N)NC(=O)CNC(=O)[C@H](CCCN=C(N)N)NC(=O)[C@H](CCC(N)=O)NC(=O)[C@H](CCCN=C(N)N)NC(=O)CNC(=O)CN)C(=O)N[C@H](C(=O)O)[C@@H](C)O. The third kappa shape index (κ3) is 29.5. The van der Waals surface area contributed by atoms with E-state index in [4.69, 9.17) is 45.9 Å². The van der Waals surface area contributed by atoms with Crippen LogP contribution in [0.5, 0.6) is 0 Å². The number of primary amides is 1. The van der Waals surface area contributed by atoms with Crippen molar-refractivity contribution in [1.82, 2.24) is 47.9 Å². The number of rotatable bonds is 37. The average molecular weight is 1090 g/mol. The quantitative estimate of drug-likeness (QED) is 0.0119. The Balaban J connectivity index is 6.51. The van der Waals surface area contributed by atoms with Crippen LogP contribution in [0.3, 0.4) is 0 Å². The highest BCUT2D eigenvalue weighted by molar-refractivity contribution is 7.80. The van der Waals surface area contributed by atoms with Crippen molar-refractivity contribution in [2.75, 3.05) is 45.0 Å². The Hall–Kier alpha value is -7.75. The van der Waals surface area contributed by atoms with E-state index < -0.39 is 152 Å². The second kappa shape index (κ2) is 36.2. The lowest BCUT2D eigenvalue weighted by atomic mass is 10.0. The van der Waals surface area contributed by atoms with Crippen LogP contribution in [0, 0.1) is 5.92 Å². The first-order chi connectivity index (χ1) is 35.1. The zero-order valence-corrected chi connectivity index (χ0v) is 43.0. The molecule has 10 amide bonds. The predicted octanol–water partition coefficient (Wildman–Crippen LogP) is -9.95. The number of aliphatic imine (C=N–C) groups is 3. The highest BCUT2D eigenvalue weighted by Crippen LogP contribution is 2.09. The van der Waals surface area contributed by atoms with Crippen molar-refractivity contribution >= 4 is 95.5 Å². The van der Waals surface area contributed by atoms with Gasteiger partial charge < -0.3 is 104 Å². The normalized spacial score (nSPS) is 13.9. The summed E-state index contributed by atoms with van der Waals surface area (Å²) in [5.74, 6) is -12.3. The molecule has 0 aliphatic carbocycles. The summed E-state index contributed by atoms with van der Waals surface area (Å²) in [7, 11) is 0. The molecule has 0 heterocycles. The lowest BCUT2D eigenvalue weighted by Gasteiger charge is -2.27. The van der Waals surface area contributed by atoms with E-state index in [1.54, 1.807) is 13.8 Å². The molecule has 0 bridgehead atoms. The van der Waals surface area contributed by atoms with Crippen LogP contribution in [0.15, 0.2) is 15.0 Å². The van der Waals surface area contributed by atoms with Gasteiger partial charge in [0.2, 0.25) is 59.1 Å². The van der Waals surface area contributed by atoms with Gasteiger partial charge in [-0.1, -0.05) is 13.8 Å². The Labute approximate surface area is 437 Å². The van der Waals surface area contributed by atoms with Gasteiger partial charge in [-0.15, -0.1) is 0 Å². The third-order valence-corrected chi connectivity index (χ3v) is 10.6. The molecule has 0 aromatic rings. The van der Waals surface area contributed by atoms with Gasteiger partial charge in [0, 0.05) is 31.8 Å². The van der Waals surface area contributed by atoms with E-state index >= 15 is 0 Å². The van der Waals surface area contributed by atoms with Gasteiger partial charge in [-0.2, -0.15) is 12.6 Å². The monoisotopic (exact) mass is 1090 g/mol. The summed E-state index contributed by atoms with van der Waals surface area (Å²) in [6, 6.07) is -10.3. The molecule has 0 saturated carbocycles. The predicted molar refractivity (Wildman–Crippen MR) is 275 cm³/mol. The van der Waals surface area contributed by atoms with Crippen LogP contribution in [-0.2, 0) is 52.7 Å². The number of aliphatic carboxylic acids is 1. The standard InChI is InChI=1S/C41H76N20O13S/c1-19(2)30(37(72)61-31(20(3)62)38(73)74)60-36(71)25(18-75)59-34(69)23(9-6-14-52-41(48)49)56-29(66)17-54-32(67)21(7-4-12-50-39(44)45)57-35(70)24(10-11-26(43)63)58-33(68)22(8-5-13-51-40(46)47)55-28(65)16-53-27(64)15-42/h19-25,30-31,62,75H,4-18,42H2,1-3H3,(H2,43,63)(H,53,64)(H,54,67)(H,55,65)(H,56,66)(H,57,70)(H,58,68)(H,59,69)(H,60,71)(H,61,72)(H,73,74)(H4,44,45,50)(H4,46,47,51)(H4,48,49,52)/t20-,21+,22+,23+,24+,25+,30+,31+/m1/s1. The Bertz CT molecular complexity index is 2050. The molecular formula is C41H76N20O13S. The molecule has 0 radical (unpaired) electrons. The van der Waals surface area contributed by atoms with Gasteiger partial charge in [-0.05, 0) is 57.8 Å². The second-order valence-electron chi connectivity index (χ2n) is 17.0. The lowest BCUT2D eigenvalue weighted by Crippen LogP contribution is -2.60. The summed E-state index contributed by atoms with van der Waals surface area (Å²) in [5, 5.41) is 40.7. The van der Waals surface area contributed by atoms with Gasteiger partial charge in [-0.25, -0.2) is 4.79 Å². The molecule has 0 unspecified atom stereocenters. The first-order valence-corrected chi connectivity index (χ1v) is 24.1. The molecule has 27 N–H and O–H groups in total. The molecule has 0 saturated heterocycles. The van der Waals surface area contributed by atoms with Crippen LogP contribution in [0.25, 0.3) is 0 Å². The number of guanidine groups is 3. The maximum atomic E-state index is 13.9. The molecule has 0 aromatic heterocycles. The molecular weight excluding hydrogens is 1010 g/mol. The van der Waals surface area contributed by atoms with Gasteiger partial charge in [0.25, 0.3) is 0 Å². The zero-order valence-electron chi connectivity index (χ0n) is 42.1. The number of aliphatic hydroxyl groups is 1. The van der Waals surface area contributed by atoms with E-state index in [1.165, 1.54) is 0 Å². The molecule has 0 spiro atoms. The molecule has 8 atom stereocenters. The molecule has 75 heavy (non-hydrogen) atoms. The summed E-state index contributed by atoms with van der Waals surface area (Å²) in [5.41, 5.74) is 43.1. The molecule has 0 fully saturated rings. The van der Waals surface area contributed by atoms with Crippen molar-refractivity contribution in [3.05, 3.63) is 0 Å². The smallest absolute Gasteiger partial charge is 0.328 e. The van der Waals surface area contributed by atoms with Crippen molar-refractivity contribution in [3.63, 3.8) is 0 Å². The largest absolute Gasteiger partial charge is 0.480 e.